The molecule has 0 saturated carbocycles. The van der Waals surface area contributed by atoms with Crippen LogP contribution in [0.2, 0.25) is 0 Å². The van der Waals surface area contributed by atoms with E-state index in [0.29, 0.717) is 37.5 Å². The number of ether oxygens (including phenoxy) is 2. The highest BCUT2D eigenvalue weighted by Gasteiger charge is 2.09. The van der Waals surface area contributed by atoms with Gasteiger partial charge in [-0.15, -0.1) is 0 Å². The maximum atomic E-state index is 10.2. The van der Waals surface area contributed by atoms with Crippen molar-refractivity contribution in [1.82, 2.24) is 5.32 Å². The van der Waals surface area contributed by atoms with Crippen LogP contribution in [0.3, 0.4) is 0 Å². The average Bonchev–Trinajstić information content (AvgIpc) is 2.77. The Morgan fingerprint density at radius 2 is 1.68 bits per heavy atom. The minimum atomic E-state index is -0.672. The quantitative estimate of drug-likeness (QED) is 0.259. The zero-order valence-electron chi connectivity index (χ0n) is 18.0. The van der Waals surface area contributed by atoms with Crippen LogP contribution < -0.4 is 5.32 Å². The van der Waals surface area contributed by atoms with Gasteiger partial charge in [0.15, 0.2) is 0 Å². The highest BCUT2D eigenvalue weighted by Crippen LogP contribution is 2.22. The average molecular weight is 434 g/mol. The third kappa shape index (κ3) is 10.1. The van der Waals surface area contributed by atoms with Crippen LogP contribution in [0.25, 0.3) is 0 Å². The molecular weight excluding hydrogens is 398 g/mol. The minimum Gasteiger partial charge on any atom is -0.508 e. The first-order chi connectivity index (χ1) is 15.1. The first-order valence-corrected chi connectivity index (χ1v) is 10.8. The number of benzene rings is 2. The molecule has 1 atom stereocenters. The Balaban J connectivity index is 1.39. The highest BCUT2D eigenvalue weighted by atomic mass is 16.5. The van der Waals surface area contributed by atoms with Crippen LogP contribution in [0.5, 0.6) is 11.5 Å². The number of phenolic OH excluding ortho intramolecular Hbond substituents is 1. The van der Waals surface area contributed by atoms with Crippen LogP contribution in [-0.2, 0) is 22.7 Å². The van der Waals surface area contributed by atoms with Crippen molar-refractivity contribution in [2.45, 2.75) is 45.0 Å². The first-order valence-electron chi connectivity index (χ1n) is 10.8. The molecule has 2 aromatic carbocycles. The van der Waals surface area contributed by atoms with Gasteiger partial charge in [0.2, 0.25) is 0 Å². The molecular formula is C24H35NO6. The summed E-state index contributed by atoms with van der Waals surface area (Å²) in [6.07, 6.45) is 3.54. The molecule has 31 heavy (non-hydrogen) atoms. The van der Waals surface area contributed by atoms with Crippen LogP contribution >= 0.6 is 0 Å². The predicted molar refractivity (Wildman–Crippen MR) is 119 cm³/mol. The van der Waals surface area contributed by atoms with Crippen molar-refractivity contribution in [2.75, 3.05) is 32.9 Å². The maximum absolute atomic E-state index is 10.2. The monoisotopic (exact) mass is 433 g/mol. The van der Waals surface area contributed by atoms with Gasteiger partial charge in [-0.2, -0.15) is 0 Å². The standard InChI is InChI=1S/C24H35NO6/c26-17-21-15-20(8-9-23(21)28)24(29)16-25-10-3-1-2-4-11-30-12-13-31-18-19-6-5-7-22(27)14-19/h5-9,14-15,24-29H,1-4,10-13,16-18H2. The molecule has 172 valence electrons. The number of phenols is 2. The van der Waals surface area contributed by atoms with Crippen LogP contribution in [0.15, 0.2) is 42.5 Å². The van der Waals surface area contributed by atoms with E-state index in [1.54, 1.807) is 30.3 Å². The molecule has 0 radical (unpaired) electrons. The third-order valence-corrected chi connectivity index (χ3v) is 4.94. The van der Waals surface area contributed by atoms with Crippen molar-refractivity contribution in [1.29, 1.82) is 0 Å². The van der Waals surface area contributed by atoms with E-state index < -0.39 is 6.10 Å². The summed E-state index contributed by atoms with van der Waals surface area (Å²) in [5.41, 5.74) is 2.04. The first kappa shape index (κ1) is 25.1. The Bertz CT molecular complexity index is 755. The second-order valence-electron chi connectivity index (χ2n) is 7.52. The van der Waals surface area contributed by atoms with Gasteiger partial charge in [0.1, 0.15) is 11.5 Å². The molecule has 2 aromatic rings. The van der Waals surface area contributed by atoms with E-state index in [2.05, 4.69) is 5.32 Å². The molecule has 0 bridgehead atoms. The Kier molecular flexibility index (Phi) is 12.0. The van der Waals surface area contributed by atoms with E-state index in [0.717, 1.165) is 44.4 Å². The molecule has 0 saturated heterocycles. The Labute approximate surface area is 184 Å². The van der Waals surface area contributed by atoms with Gasteiger partial charge in [0.25, 0.3) is 0 Å². The molecule has 7 nitrogen and oxygen atoms in total. The zero-order valence-corrected chi connectivity index (χ0v) is 18.0. The summed E-state index contributed by atoms with van der Waals surface area (Å²) in [6.45, 7) is 3.28. The van der Waals surface area contributed by atoms with Gasteiger partial charge in [-0.1, -0.05) is 31.0 Å². The molecule has 7 heteroatoms. The molecule has 0 spiro atoms. The fourth-order valence-electron chi connectivity index (χ4n) is 3.16. The molecule has 1 unspecified atom stereocenters. The molecule has 0 fully saturated rings. The second-order valence-corrected chi connectivity index (χ2v) is 7.52. The fraction of sp³-hybridized carbons (Fsp3) is 0.500. The Morgan fingerprint density at radius 1 is 0.871 bits per heavy atom. The van der Waals surface area contributed by atoms with Crippen LogP contribution in [-0.4, -0.2) is 53.3 Å². The summed E-state index contributed by atoms with van der Waals surface area (Å²) < 4.78 is 11.1. The van der Waals surface area contributed by atoms with Crippen LogP contribution in [0, 0.1) is 0 Å². The summed E-state index contributed by atoms with van der Waals surface area (Å²) in [5.74, 6) is 0.286. The predicted octanol–water partition coefficient (Wildman–Crippen LogP) is 3.01. The van der Waals surface area contributed by atoms with E-state index in [1.165, 1.54) is 6.07 Å². The van der Waals surface area contributed by atoms with E-state index in [4.69, 9.17) is 9.47 Å². The molecule has 0 aliphatic carbocycles. The largest absolute Gasteiger partial charge is 0.508 e. The van der Waals surface area contributed by atoms with Crippen molar-refractivity contribution < 1.29 is 29.9 Å². The number of unbranched alkanes of at least 4 members (excludes halogenated alkanes) is 3. The Morgan fingerprint density at radius 3 is 2.48 bits per heavy atom. The number of aromatic hydroxyl groups is 2. The topological polar surface area (TPSA) is 111 Å². The van der Waals surface area contributed by atoms with Crippen molar-refractivity contribution in [3.05, 3.63) is 59.2 Å². The SMILES string of the molecule is OCc1cc(C(O)CNCCCCCCOCCOCc2cccc(O)c2)ccc1O. The Hall–Kier alpha value is -2.16. The highest BCUT2D eigenvalue weighted by molar-refractivity contribution is 5.36. The summed E-state index contributed by atoms with van der Waals surface area (Å²) in [7, 11) is 0. The van der Waals surface area contributed by atoms with Gasteiger partial charge in [-0.25, -0.2) is 0 Å². The van der Waals surface area contributed by atoms with Crippen molar-refractivity contribution in [3.8, 4) is 11.5 Å². The molecule has 2 rings (SSSR count). The summed E-state index contributed by atoms with van der Waals surface area (Å²) in [6, 6.07) is 11.8. The maximum Gasteiger partial charge on any atom is 0.121 e. The number of rotatable bonds is 16. The number of nitrogens with one attached hydrogen (secondary N) is 1. The van der Waals surface area contributed by atoms with Crippen LogP contribution in [0.1, 0.15) is 48.5 Å². The van der Waals surface area contributed by atoms with Crippen LogP contribution in [0.4, 0.5) is 0 Å². The van der Waals surface area contributed by atoms with Gasteiger partial charge in [0, 0.05) is 18.7 Å². The number of hydrogen-bond acceptors (Lipinski definition) is 7. The van der Waals surface area contributed by atoms with Crippen molar-refractivity contribution in [2.24, 2.45) is 0 Å². The lowest BCUT2D eigenvalue weighted by atomic mass is 10.1. The smallest absolute Gasteiger partial charge is 0.121 e. The lowest BCUT2D eigenvalue weighted by Crippen LogP contribution is -2.22. The molecule has 0 amide bonds. The third-order valence-electron chi connectivity index (χ3n) is 4.94. The summed E-state index contributed by atoms with van der Waals surface area (Å²) in [5, 5.41) is 41.6. The number of aliphatic hydroxyl groups is 2. The minimum absolute atomic E-state index is 0.0382. The van der Waals surface area contributed by atoms with Gasteiger partial charge >= 0.3 is 0 Å². The van der Waals surface area contributed by atoms with Gasteiger partial charge in [-0.3, -0.25) is 0 Å². The molecule has 0 aliphatic heterocycles. The van der Waals surface area contributed by atoms with Crippen molar-refractivity contribution in [3.63, 3.8) is 0 Å². The second kappa shape index (κ2) is 14.8. The zero-order chi connectivity index (χ0) is 22.3. The van der Waals surface area contributed by atoms with Gasteiger partial charge in [-0.05, 0) is 54.8 Å². The van der Waals surface area contributed by atoms with E-state index in [-0.39, 0.29) is 18.1 Å². The molecule has 0 heterocycles. The number of aliphatic hydroxyl groups excluding tert-OH is 2. The molecule has 0 aliphatic rings. The molecule has 0 aromatic heterocycles. The lowest BCUT2D eigenvalue weighted by Gasteiger charge is -2.14. The summed E-state index contributed by atoms with van der Waals surface area (Å²) in [4.78, 5) is 0. The summed E-state index contributed by atoms with van der Waals surface area (Å²) >= 11 is 0. The van der Waals surface area contributed by atoms with E-state index in [9.17, 15) is 20.4 Å². The van der Waals surface area contributed by atoms with Gasteiger partial charge < -0.3 is 35.2 Å². The number of hydrogen-bond donors (Lipinski definition) is 5. The fourth-order valence-corrected chi connectivity index (χ4v) is 3.16. The lowest BCUT2D eigenvalue weighted by molar-refractivity contribution is 0.0392. The van der Waals surface area contributed by atoms with Crippen molar-refractivity contribution >= 4 is 0 Å². The molecule has 5 N–H and O–H groups in total. The van der Waals surface area contributed by atoms with E-state index >= 15 is 0 Å². The van der Waals surface area contributed by atoms with E-state index in [1.807, 2.05) is 6.07 Å². The van der Waals surface area contributed by atoms with Gasteiger partial charge in [0.05, 0.1) is 32.5 Å². The normalized spacial score (nSPS) is 12.2.